The molecule has 0 fully saturated rings. The Bertz CT molecular complexity index is 134. The largest absolute Gasteiger partial charge is 0.478 e. The molecule has 0 saturated carbocycles. The zero-order valence-corrected chi connectivity index (χ0v) is 8.49. The Morgan fingerprint density at radius 1 is 1.54 bits per heavy atom. The smallest absolute Gasteiger partial charge is 0.327 e. The summed E-state index contributed by atoms with van der Waals surface area (Å²) in [5.74, 6) is -0.981. The topological polar surface area (TPSA) is 66.6 Å². The van der Waals surface area contributed by atoms with Crippen molar-refractivity contribution in [2.24, 2.45) is 5.73 Å². The monoisotopic (exact) mass is 188 g/mol. The van der Waals surface area contributed by atoms with Crippen molar-refractivity contribution >= 4 is 5.97 Å². The molecule has 0 amide bonds. The highest BCUT2D eigenvalue weighted by atomic mass is 16.4. The van der Waals surface area contributed by atoms with Crippen molar-refractivity contribution in [2.45, 2.75) is 13.8 Å². The van der Waals surface area contributed by atoms with Crippen molar-refractivity contribution < 1.29 is 9.90 Å². The third-order valence-electron chi connectivity index (χ3n) is 1.51. The van der Waals surface area contributed by atoms with Gasteiger partial charge in [0.15, 0.2) is 0 Å². The molecule has 78 valence electrons. The summed E-state index contributed by atoms with van der Waals surface area (Å²) in [6.07, 6.45) is 0.833. The van der Waals surface area contributed by atoms with Crippen LogP contribution < -0.4 is 5.73 Å². The van der Waals surface area contributed by atoms with E-state index in [0.717, 1.165) is 32.3 Å². The maximum atomic E-state index is 9.25. The summed E-state index contributed by atoms with van der Waals surface area (Å²) < 4.78 is 0. The molecule has 0 aromatic rings. The molecule has 0 rings (SSSR count). The maximum absolute atomic E-state index is 9.25. The minimum Gasteiger partial charge on any atom is -0.478 e. The molecule has 4 heteroatoms. The number of hydrogen-bond acceptors (Lipinski definition) is 3. The molecule has 0 heterocycles. The number of nitrogens with zero attached hydrogens (tertiary/aromatic N) is 1. The Morgan fingerprint density at radius 3 is 2.00 bits per heavy atom. The summed E-state index contributed by atoms with van der Waals surface area (Å²) in [5.41, 5.74) is 5.34. The Kier molecular flexibility index (Phi) is 12.5. The molecule has 0 aliphatic heterocycles. The predicted molar refractivity (Wildman–Crippen MR) is 54.7 cm³/mol. The molecule has 0 aromatic carbocycles. The lowest BCUT2D eigenvalue weighted by Gasteiger charge is -2.15. The normalized spacial score (nSPS) is 8.92. The summed E-state index contributed by atoms with van der Waals surface area (Å²) in [5, 5.41) is 7.60. The number of rotatable bonds is 5. The zero-order chi connectivity index (χ0) is 10.7. The molecule has 0 saturated heterocycles. The second-order valence-electron chi connectivity index (χ2n) is 2.36. The van der Waals surface area contributed by atoms with Gasteiger partial charge in [0, 0.05) is 19.2 Å². The maximum Gasteiger partial charge on any atom is 0.327 e. The highest BCUT2D eigenvalue weighted by Gasteiger charge is 1.92. The van der Waals surface area contributed by atoms with Crippen molar-refractivity contribution in [3.8, 4) is 0 Å². The van der Waals surface area contributed by atoms with Crippen LogP contribution in [0.1, 0.15) is 13.8 Å². The van der Waals surface area contributed by atoms with Gasteiger partial charge in [-0.3, -0.25) is 0 Å². The number of carboxylic acid groups (broad SMARTS) is 1. The molecule has 0 radical (unpaired) electrons. The third kappa shape index (κ3) is 14.0. The first-order valence-electron chi connectivity index (χ1n) is 4.40. The van der Waals surface area contributed by atoms with E-state index in [1.807, 2.05) is 0 Å². The van der Waals surface area contributed by atoms with Crippen LogP contribution in [0.2, 0.25) is 0 Å². The molecule has 13 heavy (non-hydrogen) atoms. The molecule has 4 nitrogen and oxygen atoms in total. The SMILES string of the molecule is C=CC(=O)O.CCN(CC)CCN. The minimum absolute atomic E-state index is 0.779. The van der Waals surface area contributed by atoms with Crippen LogP contribution in [-0.2, 0) is 4.79 Å². The predicted octanol–water partition coefficient (Wildman–Crippen LogP) is 0.544. The zero-order valence-electron chi connectivity index (χ0n) is 8.49. The van der Waals surface area contributed by atoms with E-state index >= 15 is 0 Å². The van der Waals surface area contributed by atoms with Gasteiger partial charge in [-0.05, 0) is 13.1 Å². The number of carbonyl (C=O) groups is 1. The number of carboxylic acids is 1. The molecule has 3 N–H and O–H groups in total. The quantitative estimate of drug-likeness (QED) is 0.618. The van der Waals surface area contributed by atoms with Crippen molar-refractivity contribution in [3.05, 3.63) is 12.7 Å². The van der Waals surface area contributed by atoms with E-state index in [4.69, 9.17) is 10.8 Å². The molecular formula is C9H20N2O2. The van der Waals surface area contributed by atoms with Gasteiger partial charge in [0.05, 0.1) is 0 Å². The van der Waals surface area contributed by atoms with Crippen molar-refractivity contribution in [1.82, 2.24) is 4.90 Å². The Hall–Kier alpha value is -0.870. The summed E-state index contributed by atoms with van der Waals surface area (Å²) in [7, 11) is 0. The van der Waals surface area contributed by atoms with Crippen LogP contribution in [-0.4, -0.2) is 42.2 Å². The lowest BCUT2D eigenvalue weighted by atomic mass is 10.5. The van der Waals surface area contributed by atoms with E-state index in [1.165, 1.54) is 0 Å². The molecular weight excluding hydrogens is 168 g/mol. The van der Waals surface area contributed by atoms with Gasteiger partial charge in [-0.1, -0.05) is 20.4 Å². The molecule has 0 spiro atoms. The van der Waals surface area contributed by atoms with E-state index in [-0.39, 0.29) is 0 Å². The van der Waals surface area contributed by atoms with Gasteiger partial charge < -0.3 is 15.7 Å². The van der Waals surface area contributed by atoms with E-state index in [9.17, 15) is 4.79 Å². The molecule has 0 aromatic heterocycles. The highest BCUT2D eigenvalue weighted by molar-refractivity contribution is 5.78. The van der Waals surface area contributed by atoms with E-state index in [2.05, 4.69) is 25.3 Å². The van der Waals surface area contributed by atoms with Gasteiger partial charge in [0.1, 0.15) is 0 Å². The second-order valence-corrected chi connectivity index (χ2v) is 2.36. The number of hydrogen-bond donors (Lipinski definition) is 2. The fraction of sp³-hybridized carbons (Fsp3) is 0.667. The molecule has 0 aliphatic rings. The minimum atomic E-state index is -0.981. The van der Waals surface area contributed by atoms with Crippen LogP contribution >= 0.6 is 0 Å². The summed E-state index contributed by atoms with van der Waals surface area (Å²) in [6.45, 7) is 11.3. The number of aliphatic carboxylic acids is 1. The first kappa shape index (κ1) is 14.6. The fourth-order valence-corrected chi connectivity index (χ4v) is 0.722. The average molecular weight is 188 g/mol. The fourth-order valence-electron chi connectivity index (χ4n) is 0.722. The van der Waals surface area contributed by atoms with E-state index in [0.29, 0.717) is 0 Å². The molecule has 0 atom stereocenters. The van der Waals surface area contributed by atoms with E-state index < -0.39 is 5.97 Å². The summed E-state index contributed by atoms with van der Waals surface area (Å²) in [4.78, 5) is 11.6. The Labute approximate surface area is 80.0 Å². The standard InChI is InChI=1S/C6H16N2.C3H4O2/c1-3-8(4-2)6-5-7;1-2-3(4)5/h3-7H2,1-2H3;2H,1H2,(H,4,5). The molecule has 0 aliphatic carbocycles. The number of likely N-dealkylation sites (N-methyl/N-ethyl adjacent to an activating group) is 1. The van der Waals surface area contributed by atoms with Crippen LogP contribution in [0.4, 0.5) is 0 Å². The second kappa shape index (κ2) is 11.1. The number of nitrogens with two attached hydrogens (primary N) is 1. The van der Waals surface area contributed by atoms with Crippen LogP contribution in [0.5, 0.6) is 0 Å². The molecule has 0 unspecified atom stereocenters. The van der Waals surface area contributed by atoms with Gasteiger partial charge in [-0.15, -0.1) is 0 Å². The van der Waals surface area contributed by atoms with Gasteiger partial charge >= 0.3 is 5.97 Å². The van der Waals surface area contributed by atoms with E-state index in [1.54, 1.807) is 0 Å². The van der Waals surface area contributed by atoms with Crippen molar-refractivity contribution in [2.75, 3.05) is 26.2 Å². The lowest BCUT2D eigenvalue weighted by Crippen LogP contribution is -2.28. The van der Waals surface area contributed by atoms with Crippen molar-refractivity contribution in [1.29, 1.82) is 0 Å². The van der Waals surface area contributed by atoms with Crippen LogP contribution in [0, 0.1) is 0 Å². The highest BCUT2D eigenvalue weighted by Crippen LogP contribution is 1.81. The summed E-state index contributed by atoms with van der Waals surface area (Å²) >= 11 is 0. The third-order valence-corrected chi connectivity index (χ3v) is 1.51. The van der Waals surface area contributed by atoms with Crippen LogP contribution in [0.3, 0.4) is 0 Å². The van der Waals surface area contributed by atoms with Gasteiger partial charge in [0.2, 0.25) is 0 Å². The first-order chi connectivity index (χ1) is 6.12. The van der Waals surface area contributed by atoms with Gasteiger partial charge in [-0.25, -0.2) is 4.79 Å². The Morgan fingerprint density at radius 2 is 1.92 bits per heavy atom. The first-order valence-corrected chi connectivity index (χ1v) is 4.40. The Balaban J connectivity index is 0. The van der Waals surface area contributed by atoms with Crippen molar-refractivity contribution in [3.63, 3.8) is 0 Å². The van der Waals surface area contributed by atoms with Crippen LogP contribution in [0.15, 0.2) is 12.7 Å². The van der Waals surface area contributed by atoms with Gasteiger partial charge in [0.25, 0.3) is 0 Å². The van der Waals surface area contributed by atoms with Crippen LogP contribution in [0.25, 0.3) is 0 Å². The molecule has 0 bridgehead atoms. The average Bonchev–Trinajstić information content (AvgIpc) is 2.15. The lowest BCUT2D eigenvalue weighted by molar-refractivity contribution is -0.131. The summed E-state index contributed by atoms with van der Waals surface area (Å²) in [6, 6.07) is 0. The van der Waals surface area contributed by atoms with Gasteiger partial charge in [-0.2, -0.15) is 0 Å².